The van der Waals surface area contributed by atoms with Crippen molar-refractivity contribution in [1.29, 1.82) is 0 Å². The van der Waals surface area contributed by atoms with Gasteiger partial charge in [0.15, 0.2) is 0 Å². The molecule has 3 heteroatoms. The molecule has 0 amide bonds. The molecular weight excluding hydrogens is 181 g/mol. The minimum atomic E-state index is -0.473. The van der Waals surface area contributed by atoms with Crippen LogP contribution in [-0.2, 0) is 0 Å². The van der Waals surface area contributed by atoms with Gasteiger partial charge in [0.1, 0.15) is 11.6 Å². The number of nitrogens with two attached hydrogens (primary N) is 1. The quantitative estimate of drug-likeness (QED) is 0.728. The van der Waals surface area contributed by atoms with E-state index in [1.54, 1.807) is 0 Å². The standard InChI is InChI=1S/C11H14FNO/c1-7(2)5-11(13)9-4-3-8(14)6-10(9)12/h3-4,6,11,14H,1,5,13H2,2H3/t11-/m1/s1. The lowest BCUT2D eigenvalue weighted by Crippen LogP contribution is -2.12. The Kier molecular flexibility index (Phi) is 3.25. The maximum atomic E-state index is 13.3. The van der Waals surface area contributed by atoms with Gasteiger partial charge in [-0.3, -0.25) is 0 Å². The topological polar surface area (TPSA) is 46.2 Å². The molecule has 1 atom stereocenters. The maximum Gasteiger partial charge on any atom is 0.131 e. The van der Waals surface area contributed by atoms with Gasteiger partial charge in [0.2, 0.25) is 0 Å². The first-order valence-corrected chi connectivity index (χ1v) is 4.39. The van der Waals surface area contributed by atoms with E-state index in [9.17, 15) is 4.39 Å². The van der Waals surface area contributed by atoms with Crippen molar-refractivity contribution in [3.63, 3.8) is 0 Å². The third-order valence-electron chi connectivity index (χ3n) is 1.95. The van der Waals surface area contributed by atoms with E-state index in [1.807, 2.05) is 6.92 Å². The summed E-state index contributed by atoms with van der Waals surface area (Å²) in [6, 6.07) is 3.59. The van der Waals surface area contributed by atoms with Crippen molar-refractivity contribution >= 4 is 0 Å². The van der Waals surface area contributed by atoms with Gasteiger partial charge in [0.25, 0.3) is 0 Å². The normalized spacial score (nSPS) is 12.5. The predicted octanol–water partition coefficient (Wildman–Crippen LogP) is 2.50. The Balaban J connectivity index is 2.90. The predicted molar refractivity (Wildman–Crippen MR) is 54.4 cm³/mol. The first-order valence-electron chi connectivity index (χ1n) is 4.39. The van der Waals surface area contributed by atoms with Gasteiger partial charge in [-0.15, -0.1) is 6.58 Å². The van der Waals surface area contributed by atoms with Gasteiger partial charge in [-0.1, -0.05) is 11.6 Å². The van der Waals surface area contributed by atoms with Gasteiger partial charge in [0.05, 0.1) is 0 Å². The Morgan fingerprint density at radius 2 is 2.29 bits per heavy atom. The highest BCUT2D eigenvalue weighted by atomic mass is 19.1. The minimum absolute atomic E-state index is 0.0891. The number of rotatable bonds is 3. The Bertz CT molecular complexity index is 349. The molecule has 3 N–H and O–H groups in total. The SMILES string of the molecule is C=C(C)C[C@@H](N)c1ccc(O)cc1F. The molecule has 0 aromatic heterocycles. The Morgan fingerprint density at radius 1 is 1.64 bits per heavy atom. The van der Waals surface area contributed by atoms with Crippen LogP contribution in [0.3, 0.4) is 0 Å². The number of hydrogen-bond acceptors (Lipinski definition) is 2. The van der Waals surface area contributed by atoms with Gasteiger partial charge < -0.3 is 10.8 Å². The molecule has 0 spiro atoms. The largest absolute Gasteiger partial charge is 0.508 e. The molecule has 0 aliphatic carbocycles. The first-order chi connectivity index (χ1) is 6.50. The van der Waals surface area contributed by atoms with Gasteiger partial charge >= 0.3 is 0 Å². The van der Waals surface area contributed by atoms with Gasteiger partial charge in [0, 0.05) is 17.7 Å². The van der Waals surface area contributed by atoms with Crippen LogP contribution in [0, 0.1) is 5.82 Å². The van der Waals surface area contributed by atoms with Crippen LogP contribution in [0.5, 0.6) is 5.75 Å². The molecule has 1 rings (SSSR count). The smallest absolute Gasteiger partial charge is 0.131 e. The summed E-state index contributed by atoms with van der Waals surface area (Å²) in [6.45, 7) is 5.56. The van der Waals surface area contributed by atoms with Gasteiger partial charge in [-0.25, -0.2) is 4.39 Å². The molecule has 1 aromatic rings. The van der Waals surface area contributed by atoms with Crippen LogP contribution >= 0.6 is 0 Å². The van der Waals surface area contributed by atoms with Crippen molar-refractivity contribution in [3.05, 3.63) is 41.7 Å². The second-order valence-corrected chi connectivity index (χ2v) is 3.47. The summed E-state index contributed by atoms with van der Waals surface area (Å²) in [7, 11) is 0. The van der Waals surface area contributed by atoms with Crippen LogP contribution in [0.4, 0.5) is 4.39 Å². The minimum Gasteiger partial charge on any atom is -0.508 e. The highest BCUT2D eigenvalue weighted by Crippen LogP contribution is 2.23. The average molecular weight is 195 g/mol. The molecule has 0 saturated carbocycles. The number of halogens is 1. The third-order valence-corrected chi connectivity index (χ3v) is 1.95. The number of phenolic OH excluding ortho intramolecular Hbond substituents is 1. The van der Waals surface area contributed by atoms with Crippen LogP contribution in [0.2, 0.25) is 0 Å². The fraction of sp³-hybridized carbons (Fsp3) is 0.273. The number of hydrogen-bond donors (Lipinski definition) is 2. The number of phenols is 1. The van der Waals surface area contributed by atoms with Gasteiger partial charge in [-0.2, -0.15) is 0 Å². The lowest BCUT2D eigenvalue weighted by Gasteiger charge is -2.12. The lowest BCUT2D eigenvalue weighted by atomic mass is 10.0. The Morgan fingerprint density at radius 3 is 2.79 bits per heavy atom. The zero-order valence-corrected chi connectivity index (χ0v) is 8.13. The molecule has 0 fully saturated rings. The molecule has 76 valence electrons. The van der Waals surface area contributed by atoms with E-state index in [4.69, 9.17) is 10.8 Å². The highest BCUT2D eigenvalue weighted by Gasteiger charge is 2.11. The van der Waals surface area contributed by atoms with Crippen LogP contribution < -0.4 is 5.73 Å². The van der Waals surface area contributed by atoms with Crippen LogP contribution in [0.15, 0.2) is 30.4 Å². The molecule has 0 aliphatic rings. The molecule has 1 aromatic carbocycles. The van der Waals surface area contributed by atoms with Crippen LogP contribution in [0.25, 0.3) is 0 Å². The van der Waals surface area contributed by atoms with E-state index in [2.05, 4.69) is 6.58 Å². The van der Waals surface area contributed by atoms with E-state index < -0.39 is 11.9 Å². The summed E-state index contributed by atoms with van der Waals surface area (Å²) in [6.07, 6.45) is 0.543. The molecule has 0 heterocycles. The Labute approximate surface area is 82.9 Å². The van der Waals surface area contributed by atoms with Crippen LogP contribution in [0.1, 0.15) is 24.9 Å². The van der Waals surface area contributed by atoms with Crippen molar-refractivity contribution < 1.29 is 9.50 Å². The monoisotopic (exact) mass is 195 g/mol. The number of aromatic hydroxyl groups is 1. The molecule has 0 aliphatic heterocycles. The van der Waals surface area contributed by atoms with E-state index in [0.717, 1.165) is 11.6 Å². The third kappa shape index (κ3) is 2.57. The average Bonchev–Trinajstić information content (AvgIpc) is 2.01. The molecule has 0 bridgehead atoms. The fourth-order valence-electron chi connectivity index (χ4n) is 1.30. The van der Waals surface area contributed by atoms with Gasteiger partial charge in [-0.05, 0) is 19.4 Å². The van der Waals surface area contributed by atoms with Crippen LogP contribution in [-0.4, -0.2) is 5.11 Å². The number of benzene rings is 1. The van der Waals surface area contributed by atoms with Crippen molar-refractivity contribution in [1.82, 2.24) is 0 Å². The zero-order chi connectivity index (χ0) is 10.7. The van der Waals surface area contributed by atoms with E-state index in [-0.39, 0.29) is 5.75 Å². The molecule has 0 saturated heterocycles. The molecule has 14 heavy (non-hydrogen) atoms. The molecule has 0 unspecified atom stereocenters. The van der Waals surface area contributed by atoms with E-state index >= 15 is 0 Å². The summed E-state index contributed by atoms with van der Waals surface area (Å²) in [5.41, 5.74) is 7.08. The van der Waals surface area contributed by atoms with Crippen molar-refractivity contribution in [2.45, 2.75) is 19.4 Å². The molecular formula is C11H14FNO. The fourth-order valence-corrected chi connectivity index (χ4v) is 1.30. The Hall–Kier alpha value is -1.35. The summed E-state index contributed by atoms with van der Waals surface area (Å²) in [5.74, 6) is -0.562. The van der Waals surface area contributed by atoms with E-state index in [1.165, 1.54) is 12.1 Å². The second-order valence-electron chi connectivity index (χ2n) is 3.47. The van der Waals surface area contributed by atoms with E-state index in [0.29, 0.717) is 12.0 Å². The zero-order valence-electron chi connectivity index (χ0n) is 8.13. The highest BCUT2D eigenvalue weighted by molar-refractivity contribution is 5.30. The lowest BCUT2D eigenvalue weighted by molar-refractivity contribution is 0.466. The maximum absolute atomic E-state index is 13.3. The van der Waals surface area contributed by atoms with Crippen molar-refractivity contribution in [2.75, 3.05) is 0 Å². The molecule has 0 radical (unpaired) electrons. The summed E-state index contributed by atoms with van der Waals surface area (Å²) >= 11 is 0. The summed E-state index contributed by atoms with van der Waals surface area (Å²) in [4.78, 5) is 0. The molecule has 2 nitrogen and oxygen atoms in total. The second kappa shape index (κ2) is 4.24. The van der Waals surface area contributed by atoms with Crippen molar-refractivity contribution in [3.8, 4) is 5.75 Å². The summed E-state index contributed by atoms with van der Waals surface area (Å²) in [5, 5.41) is 9.00. The first kappa shape index (κ1) is 10.7. The summed E-state index contributed by atoms with van der Waals surface area (Å²) < 4.78 is 13.3. The van der Waals surface area contributed by atoms with Crippen molar-refractivity contribution in [2.24, 2.45) is 5.73 Å².